The Labute approximate surface area is 539 Å². The van der Waals surface area contributed by atoms with Crippen molar-refractivity contribution in [3.05, 3.63) is 141 Å². The second kappa shape index (κ2) is 38.4. The largest absolute Gasteiger partial charge is 0.395 e. The van der Waals surface area contributed by atoms with Crippen LogP contribution in [-0.2, 0) is 40.5 Å². The van der Waals surface area contributed by atoms with Crippen molar-refractivity contribution < 1.29 is 107 Å². The fourth-order valence-electron chi connectivity index (χ4n) is 8.01. The van der Waals surface area contributed by atoms with Crippen molar-refractivity contribution in [2.24, 2.45) is 10.2 Å². The number of hydrogen-bond acceptors (Lipinski definition) is 27. The molecule has 94 heavy (non-hydrogen) atoms. The van der Waals surface area contributed by atoms with Gasteiger partial charge in [0.1, 0.15) is 9.81 Å². The minimum atomic E-state index is -5.07. The zero-order valence-corrected chi connectivity index (χ0v) is 53.0. The number of urea groups is 1. The molecule has 0 unspecified atom stereocenters. The number of ketones is 2. The first-order valence-electron chi connectivity index (χ1n) is 27.8. The molecule has 2 aliphatic carbocycles. The second-order valence-corrected chi connectivity index (χ2v) is 24.8. The van der Waals surface area contributed by atoms with Crippen LogP contribution in [-0.4, -0.2) is 227 Å². The molecule has 33 nitrogen and oxygen atoms in total. The van der Waals surface area contributed by atoms with E-state index in [-0.39, 0.29) is 108 Å². The molecule has 0 atom stereocenters. The van der Waals surface area contributed by atoms with Gasteiger partial charge in [0.15, 0.2) is 11.4 Å². The van der Waals surface area contributed by atoms with Crippen LogP contribution < -0.4 is 42.8 Å². The predicted molar refractivity (Wildman–Crippen MR) is 351 cm³/mol. The van der Waals surface area contributed by atoms with E-state index in [0.717, 1.165) is 12.2 Å². The lowest BCUT2D eigenvalue weighted by molar-refractivity contribution is 0.105. The van der Waals surface area contributed by atoms with Crippen molar-refractivity contribution in [3.63, 3.8) is 0 Å². The number of rotatable bonds is 26. The molecule has 0 aliphatic heterocycles. The summed E-state index contributed by atoms with van der Waals surface area (Å²) in [6, 6.07) is 23.2. The van der Waals surface area contributed by atoms with E-state index in [9.17, 15) is 66.3 Å². The highest BCUT2D eigenvalue weighted by molar-refractivity contribution is 7.91. The molecule has 6 aromatic carbocycles. The molecule has 0 heterocycles. The Morgan fingerprint density at radius 3 is 0.904 bits per heavy atom. The van der Waals surface area contributed by atoms with Crippen LogP contribution in [0.3, 0.4) is 0 Å². The number of aliphatic hydroxyl groups excluding tert-OH is 8. The van der Waals surface area contributed by atoms with Crippen LogP contribution in [0.25, 0.3) is 33.7 Å². The maximum absolute atomic E-state index is 13.6. The van der Waals surface area contributed by atoms with Crippen LogP contribution in [0.2, 0.25) is 0 Å². The lowest BCUT2D eigenvalue weighted by Gasteiger charge is -2.18. The number of anilines is 4. The highest BCUT2D eigenvalue weighted by Crippen LogP contribution is 2.32. The molecule has 0 saturated heterocycles. The normalized spacial score (nSPS) is 13.7. The maximum atomic E-state index is 13.6. The van der Waals surface area contributed by atoms with E-state index in [0.29, 0.717) is 73.9 Å². The van der Waals surface area contributed by atoms with Crippen molar-refractivity contribution >= 4 is 126 Å². The van der Waals surface area contributed by atoms with Gasteiger partial charge in [-0.25, -0.2) is 4.79 Å². The van der Waals surface area contributed by atoms with Gasteiger partial charge in [0.25, 0.3) is 40.5 Å². The maximum Gasteiger partial charge on any atom is 0.323 e. The monoisotopic (exact) mass is 1390 g/mol. The molecular weight excluding hydrogens is 1320 g/mol. The topological polar surface area (TPSA) is 551 Å². The van der Waals surface area contributed by atoms with E-state index in [1.807, 2.05) is 0 Å². The second-order valence-electron chi connectivity index (χ2n) is 19.1. The van der Waals surface area contributed by atoms with Gasteiger partial charge in [0.2, 0.25) is 11.6 Å². The molecule has 0 radical (unpaired) electrons. The van der Waals surface area contributed by atoms with Crippen molar-refractivity contribution in [2.45, 2.75) is 9.79 Å². The van der Waals surface area contributed by atoms with Gasteiger partial charge in [-0.1, -0.05) is 24.3 Å². The van der Waals surface area contributed by atoms with E-state index >= 15 is 0 Å². The molecule has 37 heteroatoms. The zero-order valence-electron chi connectivity index (χ0n) is 49.7. The average Bonchev–Trinajstić information content (AvgIpc) is 0.777. The highest BCUT2D eigenvalue weighted by atomic mass is 32.2. The number of fused-ring (bicyclic) bond motifs is 4. The molecule has 20 N–H and O–H groups in total. The lowest BCUT2D eigenvalue weighted by Crippen LogP contribution is -2.27. The van der Waals surface area contributed by atoms with Crippen LogP contribution in [0.15, 0.2) is 139 Å². The number of hydrogen-bond donors (Lipinski definition) is 20. The smallest absolute Gasteiger partial charge is 0.323 e. The number of nitrogens with zero attached hydrogens (tertiary/aromatic N) is 2. The summed E-state index contributed by atoms with van der Waals surface area (Å²) in [5, 5.41) is 91.1. The van der Waals surface area contributed by atoms with E-state index in [2.05, 4.69) is 53.0 Å². The first-order chi connectivity index (χ1) is 44.6. The third-order valence-corrected chi connectivity index (χ3v) is 15.7. The molecule has 0 fully saturated rings. The van der Waals surface area contributed by atoms with Crippen molar-refractivity contribution in [3.8, 4) is 0 Å². The number of benzene rings is 6. The summed E-state index contributed by atoms with van der Waals surface area (Å²) >= 11 is 0. The van der Waals surface area contributed by atoms with Gasteiger partial charge in [-0.05, 0) is 130 Å². The summed E-state index contributed by atoms with van der Waals surface area (Å²) in [5.41, 5.74) is 4.15. The quantitative estimate of drug-likeness (QED) is 0.0195. The predicted octanol–water partition coefficient (Wildman–Crippen LogP) is 0.159. The molecule has 0 saturated carbocycles. The first kappa shape index (κ1) is 78.5. The van der Waals surface area contributed by atoms with E-state index in [1.54, 1.807) is 0 Å². The summed E-state index contributed by atoms with van der Waals surface area (Å²) in [7, 11) is -19.1. The fourth-order valence-corrected chi connectivity index (χ4v) is 10.4. The van der Waals surface area contributed by atoms with Gasteiger partial charge in [-0.3, -0.25) is 38.7 Å². The Kier molecular flexibility index (Phi) is 32.1. The summed E-state index contributed by atoms with van der Waals surface area (Å²) < 4.78 is 135. The number of hydrazone groups is 2. The highest BCUT2D eigenvalue weighted by Gasteiger charge is 2.35. The summed E-state index contributed by atoms with van der Waals surface area (Å²) in [5.74, 6) is -1.83. The summed E-state index contributed by atoms with van der Waals surface area (Å²) in [4.78, 5) is 37.8. The van der Waals surface area contributed by atoms with E-state index < -0.39 is 79.3 Å². The Hall–Kier alpha value is -7.97. The molecule has 0 aromatic heterocycles. The van der Waals surface area contributed by atoms with Crippen LogP contribution >= 0.6 is 0 Å². The average molecular weight is 1390 g/mol. The van der Waals surface area contributed by atoms with Crippen molar-refractivity contribution in [1.29, 1.82) is 0 Å². The van der Waals surface area contributed by atoms with Gasteiger partial charge in [-0.15, -0.1) is 0 Å². The third kappa shape index (κ3) is 25.1. The van der Waals surface area contributed by atoms with E-state index in [4.69, 9.17) is 40.9 Å². The molecule has 6 aromatic rings. The number of carbonyl (C=O) groups excluding carboxylic acids is 3. The standard InChI is InChI=1S/C41H28N6O15S4.4C4H11NO2/c48-39-33-11-7-27(15-25(33)19-35(65(57,58)59)37(39)46-44-29-5-1-23-17-31(63(51,52)53)9-3-21(23)13-29)42-41(50)43-28-8-12-34-26(16-28)20-36(66(60,61)62)38(40(34)49)47-45-30-6-2-24-18-32(64(54,55)56)10-4-22(24)14-30;4*6-3-1-5-2-4-7/h1-20,44-45H,(H2,42,43,50)(H,51,52,53)(H,54,55,56)(H,57,58,59)(H,60,61,62);4*5-7H,1-4H2/b46-37-,47-38-;;;;. The van der Waals surface area contributed by atoms with Gasteiger partial charge in [0.05, 0.1) is 74.0 Å². The molecule has 0 bridgehead atoms. The number of Topliss-reactive ketones (excluding diaryl/α,β-unsaturated/α-hetero) is 2. The molecular formula is C57H72N10O23S4. The van der Waals surface area contributed by atoms with Crippen LogP contribution in [0.1, 0.15) is 31.8 Å². The number of carbonyl (C=O) groups is 3. The Morgan fingerprint density at radius 2 is 0.628 bits per heavy atom. The summed E-state index contributed by atoms with van der Waals surface area (Å²) in [6.45, 7) is 5.67. The van der Waals surface area contributed by atoms with Gasteiger partial charge in [0, 0.05) is 74.9 Å². The van der Waals surface area contributed by atoms with Gasteiger partial charge < -0.3 is 72.8 Å². The Balaban J connectivity index is 0.000000559. The van der Waals surface area contributed by atoms with Crippen LogP contribution in [0, 0.1) is 0 Å². The molecule has 0 spiro atoms. The van der Waals surface area contributed by atoms with Crippen molar-refractivity contribution in [1.82, 2.24) is 21.3 Å². The van der Waals surface area contributed by atoms with Crippen LogP contribution in [0.4, 0.5) is 27.5 Å². The molecule has 8 rings (SSSR count). The number of allylic oxidation sites excluding steroid dienone is 2. The Morgan fingerprint density at radius 1 is 0.351 bits per heavy atom. The first-order valence-corrected chi connectivity index (χ1v) is 33.6. The molecule has 512 valence electrons. The van der Waals surface area contributed by atoms with Crippen molar-refractivity contribution in [2.75, 3.05) is 127 Å². The minimum absolute atomic E-state index is 0.0262. The summed E-state index contributed by atoms with van der Waals surface area (Å²) in [6.07, 6.45) is 1.93. The van der Waals surface area contributed by atoms with Gasteiger partial charge >= 0.3 is 6.03 Å². The number of aliphatic hydroxyl groups is 8. The third-order valence-electron chi connectivity index (χ3n) is 12.3. The van der Waals surface area contributed by atoms with Gasteiger partial charge in [-0.2, -0.15) is 43.9 Å². The molecule has 2 amide bonds. The zero-order chi connectivity index (χ0) is 69.7. The minimum Gasteiger partial charge on any atom is -0.395 e. The lowest BCUT2D eigenvalue weighted by atomic mass is 9.94. The fraction of sp³-hybridized carbons (Fsp3) is 0.281. The molecule has 2 aliphatic rings. The van der Waals surface area contributed by atoms with Crippen LogP contribution in [0.5, 0.6) is 0 Å². The Bertz CT molecular complexity index is 3890. The number of amides is 2. The number of nitrogens with one attached hydrogen (secondary N) is 8. The van der Waals surface area contributed by atoms with E-state index in [1.165, 1.54) is 109 Å². The SMILES string of the molecule is O=C(Nc1ccc2c(c1)C=C(S(=O)(=O)O)/C(=N/Nc1ccc3cc(S(=O)(=O)O)ccc3c1)C2=O)Nc1ccc2c(c1)C=C(S(=O)(=O)O)/C(=N/Nc1ccc3cc(S(=O)(=O)O)ccc3c1)C2=O.OCCNCCO.OCCNCCO.OCCNCCO.OCCNCCO.